The molecule has 1 heterocycles. The summed E-state index contributed by atoms with van der Waals surface area (Å²) in [6.07, 6.45) is -3.68. The van der Waals surface area contributed by atoms with Crippen molar-refractivity contribution in [3.05, 3.63) is 57.8 Å². The van der Waals surface area contributed by atoms with Gasteiger partial charge in [-0.15, -0.1) is 0 Å². The van der Waals surface area contributed by atoms with Crippen LogP contribution >= 0.6 is 15.9 Å². The lowest BCUT2D eigenvalue weighted by atomic mass is 10.1. The molecule has 0 unspecified atom stereocenters. The van der Waals surface area contributed by atoms with Crippen molar-refractivity contribution in [1.82, 2.24) is 4.90 Å². The molecule has 0 aromatic heterocycles. The van der Waals surface area contributed by atoms with Gasteiger partial charge in [-0.05, 0) is 42.3 Å². The Morgan fingerprint density at radius 2 is 1.75 bits per heavy atom. The van der Waals surface area contributed by atoms with E-state index in [2.05, 4.69) is 20.8 Å². The van der Waals surface area contributed by atoms with E-state index in [4.69, 9.17) is 4.74 Å². The number of hydrogen-bond acceptors (Lipinski definition) is 3. The summed E-state index contributed by atoms with van der Waals surface area (Å²) < 4.78 is 58.1. The Labute approximate surface area is 170 Å². The number of halogens is 5. The molecule has 2 aromatic rings. The third-order valence-corrected chi connectivity index (χ3v) is 5.62. The van der Waals surface area contributed by atoms with Crippen molar-refractivity contribution < 1.29 is 22.3 Å². The predicted molar refractivity (Wildman–Crippen MR) is 104 cm³/mol. The first-order chi connectivity index (χ1) is 13.3. The van der Waals surface area contributed by atoms with E-state index in [0.717, 1.165) is 25.2 Å². The summed E-state index contributed by atoms with van der Waals surface area (Å²) in [6.45, 7) is 3.56. The lowest BCUT2D eigenvalue weighted by molar-refractivity contribution is -0.138. The minimum absolute atomic E-state index is 0.0501. The molecular formula is C20H21BrF4N2O. The number of rotatable bonds is 5. The van der Waals surface area contributed by atoms with Crippen molar-refractivity contribution in [2.45, 2.75) is 12.6 Å². The van der Waals surface area contributed by atoms with E-state index >= 15 is 0 Å². The van der Waals surface area contributed by atoms with Crippen LogP contribution in [0.3, 0.4) is 0 Å². The van der Waals surface area contributed by atoms with E-state index in [-0.39, 0.29) is 16.0 Å². The third-order valence-electron chi connectivity index (χ3n) is 4.93. The maximum atomic E-state index is 13.8. The summed E-state index contributed by atoms with van der Waals surface area (Å²) in [6, 6.07) is 9.29. The zero-order valence-electron chi connectivity index (χ0n) is 15.4. The summed E-state index contributed by atoms with van der Waals surface area (Å²) in [4.78, 5) is 4.20. The maximum Gasteiger partial charge on any atom is 0.417 e. The molecule has 0 saturated carbocycles. The van der Waals surface area contributed by atoms with Crippen molar-refractivity contribution in [2.24, 2.45) is 0 Å². The van der Waals surface area contributed by atoms with Crippen LogP contribution in [0.2, 0.25) is 0 Å². The summed E-state index contributed by atoms with van der Waals surface area (Å²) >= 11 is 2.98. The second-order valence-corrected chi connectivity index (χ2v) is 7.56. The topological polar surface area (TPSA) is 15.7 Å². The standard InChI is InChI=1S/C20H21BrF4N2O/c1-28-19-5-2-14(12-18(19)22)6-7-26-8-10-27(11-9-26)15-3-4-17(21)16(13-15)20(23,24)25/h2-5,12-13H,6-11H2,1H3. The van der Waals surface area contributed by atoms with Gasteiger partial charge in [0.15, 0.2) is 11.6 Å². The van der Waals surface area contributed by atoms with Crippen molar-refractivity contribution in [3.8, 4) is 5.75 Å². The molecule has 1 saturated heterocycles. The molecule has 8 heteroatoms. The van der Waals surface area contributed by atoms with Gasteiger partial charge < -0.3 is 9.64 Å². The molecule has 3 nitrogen and oxygen atoms in total. The quantitative estimate of drug-likeness (QED) is 0.585. The van der Waals surface area contributed by atoms with Crippen LogP contribution in [-0.2, 0) is 12.6 Å². The van der Waals surface area contributed by atoms with Crippen LogP contribution in [0.25, 0.3) is 0 Å². The van der Waals surface area contributed by atoms with E-state index < -0.39 is 11.7 Å². The summed E-state index contributed by atoms with van der Waals surface area (Å²) in [5.41, 5.74) is 0.810. The fourth-order valence-electron chi connectivity index (χ4n) is 3.31. The second-order valence-electron chi connectivity index (χ2n) is 6.71. The monoisotopic (exact) mass is 460 g/mol. The molecule has 0 aliphatic carbocycles. The Balaban J connectivity index is 1.55. The van der Waals surface area contributed by atoms with Crippen LogP contribution in [0.1, 0.15) is 11.1 Å². The number of alkyl halides is 3. The third kappa shape index (κ3) is 4.97. The summed E-state index contributed by atoms with van der Waals surface area (Å²) in [5, 5.41) is 0. The average Bonchev–Trinajstić information content (AvgIpc) is 2.66. The van der Waals surface area contributed by atoms with E-state index in [0.29, 0.717) is 25.2 Å². The van der Waals surface area contributed by atoms with Gasteiger partial charge in [-0.2, -0.15) is 13.2 Å². The van der Waals surface area contributed by atoms with E-state index in [1.54, 1.807) is 12.1 Å². The number of nitrogens with zero attached hydrogens (tertiary/aromatic N) is 2. The SMILES string of the molecule is COc1ccc(CCN2CCN(c3ccc(Br)c(C(F)(F)F)c3)CC2)cc1F. The second kappa shape index (κ2) is 8.69. The Hall–Kier alpha value is -1.80. The van der Waals surface area contributed by atoms with Gasteiger partial charge in [0.2, 0.25) is 0 Å². The highest BCUT2D eigenvalue weighted by Crippen LogP contribution is 2.37. The molecule has 2 aromatic carbocycles. The van der Waals surface area contributed by atoms with E-state index in [9.17, 15) is 17.6 Å². The molecule has 0 bridgehead atoms. The van der Waals surface area contributed by atoms with Crippen LogP contribution in [-0.4, -0.2) is 44.7 Å². The highest BCUT2D eigenvalue weighted by Gasteiger charge is 2.33. The van der Waals surface area contributed by atoms with E-state index in [1.165, 1.54) is 25.3 Å². The largest absolute Gasteiger partial charge is 0.494 e. The first kappa shape index (κ1) is 20.9. The van der Waals surface area contributed by atoms with Crippen LogP contribution in [0, 0.1) is 5.82 Å². The number of piperazine rings is 1. The van der Waals surface area contributed by atoms with Crippen molar-refractivity contribution in [1.29, 1.82) is 0 Å². The van der Waals surface area contributed by atoms with Gasteiger partial charge in [0, 0.05) is 42.9 Å². The summed E-state index contributed by atoms with van der Waals surface area (Å²) in [5.74, 6) is -0.148. The Morgan fingerprint density at radius 1 is 1.04 bits per heavy atom. The maximum absolute atomic E-state index is 13.8. The Kier molecular flexibility index (Phi) is 6.50. The van der Waals surface area contributed by atoms with Gasteiger partial charge in [0.1, 0.15) is 0 Å². The minimum atomic E-state index is -4.38. The van der Waals surface area contributed by atoms with Crippen molar-refractivity contribution >= 4 is 21.6 Å². The molecule has 0 amide bonds. The molecule has 1 aliphatic heterocycles. The predicted octanol–water partition coefficient (Wildman–Crippen LogP) is 4.98. The summed E-state index contributed by atoms with van der Waals surface area (Å²) in [7, 11) is 1.43. The van der Waals surface area contributed by atoms with Crippen LogP contribution in [0.5, 0.6) is 5.75 Å². The number of ether oxygens (including phenoxy) is 1. The molecule has 0 radical (unpaired) electrons. The Morgan fingerprint density at radius 3 is 2.36 bits per heavy atom. The number of benzene rings is 2. The molecule has 152 valence electrons. The van der Waals surface area contributed by atoms with Crippen LogP contribution in [0.15, 0.2) is 40.9 Å². The zero-order chi connectivity index (χ0) is 20.3. The first-order valence-electron chi connectivity index (χ1n) is 8.94. The zero-order valence-corrected chi connectivity index (χ0v) is 17.0. The lowest BCUT2D eigenvalue weighted by Crippen LogP contribution is -2.47. The molecule has 0 N–H and O–H groups in total. The number of methoxy groups -OCH3 is 1. The smallest absolute Gasteiger partial charge is 0.417 e. The highest BCUT2D eigenvalue weighted by atomic mass is 79.9. The van der Waals surface area contributed by atoms with Crippen LogP contribution < -0.4 is 9.64 Å². The van der Waals surface area contributed by atoms with Gasteiger partial charge in [0.25, 0.3) is 0 Å². The molecule has 3 rings (SSSR count). The van der Waals surface area contributed by atoms with Gasteiger partial charge >= 0.3 is 6.18 Å². The highest BCUT2D eigenvalue weighted by molar-refractivity contribution is 9.10. The van der Waals surface area contributed by atoms with Crippen molar-refractivity contribution in [2.75, 3.05) is 44.7 Å². The molecule has 1 fully saturated rings. The average molecular weight is 461 g/mol. The van der Waals surface area contributed by atoms with Gasteiger partial charge in [-0.25, -0.2) is 4.39 Å². The number of anilines is 1. The fourth-order valence-corrected chi connectivity index (χ4v) is 3.78. The lowest BCUT2D eigenvalue weighted by Gasteiger charge is -2.36. The minimum Gasteiger partial charge on any atom is -0.494 e. The molecule has 0 spiro atoms. The van der Waals surface area contributed by atoms with Gasteiger partial charge in [-0.1, -0.05) is 22.0 Å². The van der Waals surface area contributed by atoms with Crippen molar-refractivity contribution in [3.63, 3.8) is 0 Å². The molecule has 0 atom stereocenters. The number of hydrogen-bond donors (Lipinski definition) is 0. The van der Waals surface area contributed by atoms with E-state index in [1.807, 2.05) is 11.0 Å². The normalized spacial score (nSPS) is 15.7. The first-order valence-corrected chi connectivity index (χ1v) is 9.73. The van der Waals surface area contributed by atoms with Gasteiger partial charge in [0.05, 0.1) is 12.7 Å². The fraction of sp³-hybridized carbons (Fsp3) is 0.400. The van der Waals surface area contributed by atoms with Gasteiger partial charge in [-0.3, -0.25) is 4.90 Å². The van der Waals surface area contributed by atoms with Crippen LogP contribution in [0.4, 0.5) is 23.2 Å². The molecule has 28 heavy (non-hydrogen) atoms. The Bertz CT molecular complexity index is 820. The molecular weight excluding hydrogens is 440 g/mol. The molecule has 1 aliphatic rings.